The number of aryl methyl sites for hydroxylation is 1. The van der Waals surface area contributed by atoms with Gasteiger partial charge in [0.1, 0.15) is 21.8 Å². The molecule has 44 heavy (non-hydrogen) atoms. The lowest BCUT2D eigenvalue weighted by Crippen LogP contribution is -2.47. The van der Waals surface area contributed by atoms with Gasteiger partial charge in [0.25, 0.3) is 5.91 Å². The summed E-state index contributed by atoms with van der Waals surface area (Å²) in [6, 6.07) is 12.8. The van der Waals surface area contributed by atoms with Gasteiger partial charge in [-0.3, -0.25) is 4.79 Å². The topological polar surface area (TPSA) is 133 Å². The van der Waals surface area contributed by atoms with Crippen molar-refractivity contribution in [2.45, 2.75) is 71.1 Å². The lowest BCUT2D eigenvalue weighted by Gasteiger charge is -2.29. The average Bonchev–Trinajstić information content (AvgIpc) is 3.72. The monoisotopic (exact) mass is 682 g/mol. The van der Waals surface area contributed by atoms with Gasteiger partial charge >= 0.3 is 6.09 Å². The fraction of sp³-hybridized carbons (Fsp3) is 0.419. The molecular formula is C31H35BrN6O5S. The zero-order valence-electron chi connectivity index (χ0n) is 25.5. The number of carbonyl (C=O) groups is 2. The molecule has 1 aliphatic heterocycles. The molecule has 1 saturated heterocycles. The molecule has 1 fully saturated rings. The Kier molecular flexibility index (Phi) is 9.07. The number of rotatable bonds is 8. The fourth-order valence-electron chi connectivity index (χ4n) is 5.07. The molecule has 1 N–H and O–H groups in total. The largest absolute Gasteiger partial charge is 0.481 e. The van der Waals surface area contributed by atoms with Crippen LogP contribution in [0.1, 0.15) is 79.2 Å². The van der Waals surface area contributed by atoms with Crippen LogP contribution in [0.15, 0.2) is 50.7 Å². The maximum absolute atomic E-state index is 13.8. The third-order valence-corrected chi connectivity index (χ3v) is 9.21. The standard InChI is InChI=1S/C31H35BrN6O5S/c1-18-24(32)44-26(33-18)22-13-10-14-38(22)27(39)21-15-20(16-23(34-21)41-6)25-36-37-28(42-25)31(5,17-19-11-8-7-9-12-19)35-29(40)43-30(2,3)4/h7-9,11-12,15-16,22H,10,13-14,17H2,1-6H3,(H,35,40)/t22-,31-/m1/s1. The van der Waals surface area contributed by atoms with Crippen molar-refractivity contribution in [1.29, 1.82) is 0 Å². The summed E-state index contributed by atoms with van der Waals surface area (Å²) in [5.41, 5.74) is 0.704. The number of thiazole rings is 1. The molecule has 1 aliphatic rings. The molecule has 4 heterocycles. The minimum absolute atomic E-state index is 0.137. The fourth-order valence-corrected chi connectivity index (χ4v) is 6.59. The maximum Gasteiger partial charge on any atom is 0.408 e. The zero-order chi connectivity index (χ0) is 31.6. The molecule has 1 aromatic carbocycles. The number of likely N-dealkylation sites (tertiary alicyclic amines) is 1. The smallest absolute Gasteiger partial charge is 0.408 e. The molecule has 0 bridgehead atoms. The first-order chi connectivity index (χ1) is 20.8. The normalized spacial score (nSPS) is 16.4. The minimum atomic E-state index is -1.10. The highest BCUT2D eigenvalue weighted by molar-refractivity contribution is 9.11. The number of ether oxygens (including phenoxy) is 2. The van der Waals surface area contributed by atoms with E-state index < -0.39 is 17.2 Å². The molecule has 0 aliphatic carbocycles. The number of nitrogens with one attached hydrogen (secondary N) is 1. The van der Waals surface area contributed by atoms with Crippen molar-refractivity contribution >= 4 is 39.3 Å². The summed E-state index contributed by atoms with van der Waals surface area (Å²) in [7, 11) is 1.48. The lowest BCUT2D eigenvalue weighted by molar-refractivity contribution is 0.0443. The van der Waals surface area contributed by atoms with Crippen LogP contribution in [0.2, 0.25) is 0 Å². The van der Waals surface area contributed by atoms with E-state index >= 15 is 0 Å². The quantitative estimate of drug-likeness (QED) is 0.217. The number of amides is 2. The van der Waals surface area contributed by atoms with Crippen molar-refractivity contribution in [3.8, 4) is 17.3 Å². The number of benzene rings is 1. The Balaban J connectivity index is 1.46. The van der Waals surface area contributed by atoms with E-state index in [4.69, 9.17) is 13.9 Å². The van der Waals surface area contributed by atoms with Crippen molar-refractivity contribution in [3.63, 3.8) is 0 Å². The molecule has 0 radical (unpaired) electrons. The Hall–Kier alpha value is -3.84. The predicted molar refractivity (Wildman–Crippen MR) is 169 cm³/mol. The molecule has 0 unspecified atom stereocenters. The van der Waals surface area contributed by atoms with Crippen LogP contribution in [0.3, 0.4) is 0 Å². The van der Waals surface area contributed by atoms with Crippen molar-refractivity contribution in [2.24, 2.45) is 0 Å². The molecule has 11 nitrogen and oxygen atoms in total. The molecule has 4 aromatic rings. The van der Waals surface area contributed by atoms with Gasteiger partial charge in [0.2, 0.25) is 17.7 Å². The summed E-state index contributed by atoms with van der Waals surface area (Å²) in [4.78, 5) is 37.6. The lowest BCUT2D eigenvalue weighted by atomic mass is 9.92. The molecule has 0 spiro atoms. The van der Waals surface area contributed by atoms with E-state index in [1.165, 1.54) is 7.11 Å². The van der Waals surface area contributed by atoms with E-state index in [9.17, 15) is 9.59 Å². The third-order valence-electron chi connectivity index (χ3n) is 7.11. The molecule has 0 saturated carbocycles. The summed E-state index contributed by atoms with van der Waals surface area (Å²) < 4.78 is 18.1. The van der Waals surface area contributed by atoms with Gasteiger partial charge in [-0.25, -0.2) is 14.8 Å². The second-order valence-electron chi connectivity index (χ2n) is 11.9. The Morgan fingerprint density at radius 3 is 2.55 bits per heavy atom. The minimum Gasteiger partial charge on any atom is -0.481 e. The van der Waals surface area contributed by atoms with Crippen LogP contribution in [0.4, 0.5) is 4.79 Å². The van der Waals surface area contributed by atoms with Gasteiger partial charge < -0.3 is 24.1 Å². The Bertz CT molecular complexity index is 1630. The molecule has 5 rings (SSSR count). The number of alkyl carbamates (subject to hydrolysis) is 1. The number of hydrogen-bond acceptors (Lipinski definition) is 10. The van der Waals surface area contributed by atoms with E-state index in [-0.39, 0.29) is 35.3 Å². The Morgan fingerprint density at radius 1 is 1.14 bits per heavy atom. The van der Waals surface area contributed by atoms with Crippen molar-refractivity contribution in [2.75, 3.05) is 13.7 Å². The van der Waals surface area contributed by atoms with Crippen molar-refractivity contribution in [1.82, 2.24) is 30.4 Å². The summed E-state index contributed by atoms with van der Waals surface area (Å²) in [6.45, 7) is 9.71. The van der Waals surface area contributed by atoms with Crippen LogP contribution < -0.4 is 10.1 Å². The van der Waals surface area contributed by atoms with Gasteiger partial charge in [0.15, 0.2) is 0 Å². The average molecular weight is 684 g/mol. The van der Waals surface area contributed by atoms with E-state index in [0.29, 0.717) is 18.5 Å². The van der Waals surface area contributed by atoms with Gasteiger partial charge in [0.05, 0.1) is 22.6 Å². The van der Waals surface area contributed by atoms with E-state index in [1.807, 2.05) is 37.3 Å². The number of nitrogens with zero attached hydrogens (tertiary/aromatic N) is 5. The van der Waals surface area contributed by atoms with Crippen LogP contribution in [0.5, 0.6) is 5.88 Å². The van der Waals surface area contributed by atoms with E-state index in [2.05, 4.69) is 41.4 Å². The number of methoxy groups -OCH3 is 1. The molecule has 232 valence electrons. The summed E-state index contributed by atoms with van der Waals surface area (Å²) in [5.74, 6) is 0.317. The first-order valence-electron chi connectivity index (χ1n) is 14.2. The number of halogens is 1. The molecular weight excluding hydrogens is 648 g/mol. The summed E-state index contributed by atoms with van der Waals surface area (Å²) >= 11 is 5.09. The number of aromatic nitrogens is 4. The number of hydrogen-bond donors (Lipinski definition) is 1. The summed E-state index contributed by atoms with van der Waals surface area (Å²) in [6.07, 6.45) is 1.43. The summed E-state index contributed by atoms with van der Waals surface area (Å²) in [5, 5.41) is 12.4. The predicted octanol–water partition coefficient (Wildman–Crippen LogP) is 6.63. The molecule has 2 amide bonds. The van der Waals surface area contributed by atoms with Gasteiger partial charge in [-0.15, -0.1) is 21.5 Å². The Labute approximate surface area is 268 Å². The van der Waals surface area contributed by atoms with E-state index in [1.54, 1.807) is 56.1 Å². The third kappa shape index (κ3) is 7.10. The highest BCUT2D eigenvalue weighted by Gasteiger charge is 2.37. The van der Waals surface area contributed by atoms with Crippen LogP contribution in [-0.2, 0) is 16.7 Å². The van der Waals surface area contributed by atoms with Crippen LogP contribution >= 0.6 is 27.3 Å². The van der Waals surface area contributed by atoms with Gasteiger partial charge in [-0.05, 0) is 75.0 Å². The highest BCUT2D eigenvalue weighted by atomic mass is 79.9. The van der Waals surface area contributed by atoms with Gasteiger partial charge in [-0.1, -0.05) is 30.3 Å². The molecule has 3 aromatic heterocycles. The number of pyridine rings is 1. The first-order valence-corrected chi connectivity index (χ1v) is 15.9. The Morgan fingerprint density at radius 2 is 1.89 bits per heavy atom. The van der Waals surface area contributed by atoms with Crippen molar-refractivity contribution in [3.05, 3.63) is 74.1 Å². The van der Waals surface area contributed by atoms with E-state index in [0.717, 1.165) is 32.9 Å². The second kappa shape index (κ2) is 12.6. The number of carbonyl (C=O) groups excluding carboxylic acids is 2. The SMILES string of the molecule is COc1cc(-c2nnc([C@@](C)(Cc3ccccc3)NC(=O)OC(C)(C)C)o2)cc(C(=O)N2CCC[C@@H]2c2nc(C)c(Br)s2)n1. The second-order valence-corrected chi connectivity index (χ2v) is 14.2. The van der Waals surface area contributed by atoms with Crippen LogP contribution in [-0.4, -0.2) is 56.3 Å². The van der Waals surface area contributed by atoms with Gasteiger partial charge in [-0.2, -0.15) is 0 Å². The van der Waals surface area contributed by atoms with Crippen LogP contribution in [0, 0.1) is 6.92 Å². The molecule has 2 atom stereocenters. The van der Waals surface area contributed by atoms with Crippen LogP contribution in [0.25, 0.3) is 11.5 Å². The molecule has 13 heteroatoms. The highest BCUT2D eigenvalue weighted by Crippen LogP contribution is 2.38. The maximum atomic E-state index is 13.8. The van der Waals surface area contributed by atoms with Crippen molar-refractivity contribution < 1.29 is 23.5 Å². The zero-order valence-corrected chi connectivity index (χ0v) is 27.9. The van der Waals surface area contributed by atoms with Gasteiger partial charge in [0, 0.05) is 24.6 Å². The first kappa shape index (κ1) is 31.6.